The second kappa shape index (κ2) is 7.02. The molecule has 1 saturated carbocycles. The van der Waals surface area contributed by atoms with Gasteiger partial charge in [-0.1, -0.05) is 31.4 Å². The zero-order chi connectivity index (χ0) is 14.5. The Hall–Kier alpha value is -1.16. The average Bonchev–Trinajstić information content (AvgIpc) is 2.61. The Bertz CT molecular complexity index is 481. The molecule has 0 radical (unpaired) electrons. The summed E-state index contributed by atoms with van der Waals surface area (Å²) >= 11 is 6.24. The summed E-state index contributed by atoms with van der Waals surface area (Å²) in [6.07, 6.45) is 4.77. The van der Waals surface area contributed by atoms with E-state index in [1.165, 1.54) is 12.1 Å². The minimum Gasteiger partial charge on any atom is -0.352 e. The number of benzene rings is 1. The molecule has 1 aromatic rings. The molecule has 2 rings (SSSR count). The zero-order valence-electron chi connectivity index (χ0n) is 11.2. The van der Waals surface area contributed by atoms with Crippen molar-refractivity contribution in [2.45, 2.75) is 49.9 Å². The van der Waals surface area contributed by atoms with Crippen molar-refractivity contribution >= 4 is 17.5 Å². The van der Waals surface area contributed by atoms with Crippen molar-refractivity contribution < 1.29 is 13.6 Å². The molecule has 2 atom stereocenters. The van der Waals surface area contributed by atoms with Crippen LogP contribution in [0, 0.1) is 11.6 Å². The van der Waals surface area contributed by atoms with Crippen LogP contribution in [-0.4, -0.2) is 17.3 Å². The molecule has 0 saturated heterocycles. The fraction of sp³-hybridized carbons (Fsp3) is 0.533. The van der Waals surface area contributed by atoms with Crippen molar-refractivity contribution in [3.8, 4) is 0 Å². The molecule has 0 spiro atoms. The minimum atomic E-state index is -0.953. The summed E-state index contributed by atoms with van der Waals surface area (Å²) in [5.74, 6) is -2.20. The standard InChI is InChI=1S/C15H18ClF2NO/c16-11-6-2-1-3-8-13(11)19-14(20)9-10-5-4-7-12(17)15(10)18/h4-5,7,11,13H,1-3,6,8-9H2,(H,19,20). The van der Waals surface area contributed by atoms with Gasteiger partial charge in [-0.2, -0.15) is 0 Å². The molecule has 5 heteroatoms. The van der Waals surface area contributed by atoms with Crippen LogP contribution in [0.4, 0.5) is 8.78 Å². The molecular weight excluding hydrogens is 284 g/mol. The van der Waals surface area contributed by atoms with E-state index < -0.39 is 11.6 Å². The molecular formula is C15H18ClF2NO. The first-order chi connectivity index (χ1) is 9.58. The van der Waals surface area contributed by atoms with Crippen molar-refractivity contribution in [2.75, 3.05) is 0 Å². The van der Waals surface area contributed by atoms with Gasteiger partial charge in [-0.25, -0.2) is 8.78 Å². The first-order valence-electron chi connectivity index (χ1n) is 6.94. The van der Waals surface area contributed by atoms with Gasteiger partial charge in [0, 0.05) is 11.6 Å². The van der Waals surface area contributed by atoms with E-state index in [1.54, 1.807) is 0 Å². The first-order valence-corrected chi connectivity index (χ1v) is 7.38. The van der Waals surface area contributed by atoms with E-state index in [0.29, 0.717) is 0 Å². The molecule has 0 heterocycles. The van der Waals surface area contributed by atoms with Gasteiger partial charge in [-0.15, -0.1) is 11.6 Å². The number of hydrogen-bond donors (Lipinski definition) is 1. The topological polar surface area (TPSA) is 29.1 Å². The molecule has 1 N–H and O–H groups in total. The Morgan fingerprint density at radius 1 is 1.25 bits per heavy atom. The predicted molar refractivity (Wildman–Crippen MR) is 74.7 cm³/mol. The number of amides is 1. The van der Waals surface area contributed by atoms with Gasteiger partial charge in [0.25, 0.3) is 0 Å². The number of carbonyl (C=O) groups is 1. The molecule has 1 aliphatic carbocycles. The van der Waals surface area contributed by atoms with Crippen LogP contribution < -0.4 is 5.32 Å². The molecule has 0 aromatic heterocycles. The third kappa shape index (κ3) is 3.92. The van der Waals surface area contributed by atoms with Gasteiger partial charge < -0.3 is 5.32 Å². The molecule has 1 amide bonds. The molecule has 20 heavy (non-hydrogen) atoms. The lowest BCUT2D eigenvalue weighted by Gasteiger charge is -2.21. The highest BCUT2D eigenvalue weighted by molar-refractivity contribution is 6.21. The van der Waals surface area contributed by atoms with Crippen LogP contribution in [0.15, 0.2) is 18.2 Å². The van der Waals surface area contributed by atoms with Gasteiger partial charge >= 0.3 is 0 Å². The van der Waals surface area contributed by atoms with E-state index in [0.717, 1.165) is 38.2 Å². The third-order valence-electron chi connectivity index (χ3n) is 3.66. The van der Waals surface area contributed by atoms with Crippen LogP contribution in [0.2, 0.25) is 0 Å². The molecule has 110 valence electrons. The van der Waals surface area contributed by atoms with Crippen molar-refractivity contribution in [1.82, 2.24) is 5.32 Å². The van der Waals surface area contributed by atoms with Crippen LogP contribution in [0.1, 0.15) is 37.7 Å². The summed E-state index contributed by atoms with van der Waals surface area (Å²) in [6.45, 7) is 0. The highest BCUT2D eigenvalue weighted by atomic mass is 35.5. The van der Waals surface area contributed by atoms with Crippen molar-refractivity contribution in [2.24, 2.45) is 0 Å². The molecule has 2 unspecified atom stereocenters. The molecule has 1 aromatic carbocycles. The summed E-state index contributed by atoms with van der Waals surface area (Å²) in [6, 6.07) is 3.78. The predicted octanol–water partition coefficient (Wildman–Crippen LogP) is 3.56. The van der Waals surface area contributed by atoms with E-state index in [9.17, 15) is 13.6 Å². The van der Waals surface area contributed by atoms with Crippen molar-refractivity contribution in [1.29, 1.82) is 0 Å². The number of nitrogens with one attached hydrogen (secondary N) is 1. The summed E-state index contributed by atoms with van der Waals surface area (Å²) in [7, 11) is 0. The summed E-state index contributed by atoms with van der Waals surface area (Å²) < 4.78 is 26.6. The average molecular weight is 302 g/mol. The Morgan fingerprint density at radius 2 is 2.00 bits per heavy atom. The third-order valence-corrected chi connectivity index (χ3v) is 4.18. The summed E-state index contributed by atoms with van der Waals surface area (Å²) in [5, 5.41) is 2.76. The Kier molecular flexibility index (Phi) is 5.35. The van der Waals surface area contributed by atoms with Crippen LogP contribution in [-0.2, 0) is 11.2 Å². The van der Waals surface area contributed by atoms with Gasteiger partial charge in [0.05, 0.1) is 11.8 Å². The quantitative estimate of drug-likeness (QED) is 0.671. The summed E-state index contributed by atoms with van der Waals surface area (Å²) in [5.41, 5.74) is 0.0715. The summed E-state index contributed by atoms with van der Waals surface area (Å²) in [4.78, 5) is 11.9. The number of halogens is 3. The first kappa shape index (κ1) is 15.2. The normalized spacial score (nSPS) is 23.1. The number of rotatable bonds is 3. The van der Waals surface area contributed by atoms with Crippen LogP contribution in [0.3, 0.4) is 0 Å². The van der Waals surface area contributed by atoms with Crippen LogP contribution in [0.5, 0.6) is 0 Å². The largest absolute Gasteiger partial charge is 0.352 e. The number of alkyl halides is 1. The minimum absolute atomic E-state index is 0.0715. The van der Waals surface area contributed by atoms with Crippen LogP contribution in [0.25, 0.3) is 0 Å². The van der Waals surface area contributed by atoms with E-state index in [2.05, 4.69) is 5.32 Å². The lowest BCUT2D eigenvalue weighted by molar-refractivity contribution is -0.121. The lowest BCUT2D eigenvalue weighted by atomic mass is 10.1. The molecule has 0 aliphatic heterocycles. The van der Waals surface area contributed by atoms with E-state index in [4.69, 9.17) is 11.6 Å². The Morgan fingerprint density at radius 3 is 2.80 bits per heavy atom. The SMILES string of the molecule is O=C(Cc1cccc(F)c1F)NC1CCCCCC1Cl. The highest BCUT2D eigenvalue weighted by Gasteiger charge is 2.23. The lowest BCUT2D eigenvalue weighted by Crippen LogP contribution is -2.41. The van der Waals surface area contributed by atoms with E-state index >= 15 is 0 Å². The van der Waals surface area contributed by atoms with Gasteiger partial charge in [0.1, 0.15) is 0 Å². The maximum Gasteiger partial charge on any atom is 0.224 e. The van der Waals surface area contributed by atoms with E-state index in [1.807, 2.05) is 0 Å². The van der Waals surface area contributed by atoms with Crippen LogP contribution >= 0.6 is 11.6 Å². The molecule has 0 bridgehead atoms. The molecule has 1 fully saturated rings. The number of carbonyl (C=O) groups excluding carboxylic acids is 1. The number of hydrogen-bond acceptors (Lipinski definition) is 1. The Labute approximate surface area is 122 Å². The Balaban J connectivity index is 1.96. The van der Waals surface area contributed by atoms with Gasteiger partial charge in [0.2, 0.25) is 5.91 Å². The maximum absolute atomic E-state index is 13.5. The molecule has 2 nitrogen and oxygen atoms in total. The van der Waals surface area contributed by atoms with Gasteiger partial charge in [-0.05, 0) is 18.9 Å². The fourth-order valence-corrected chi connectivity index (χ4v) is 2.88. The van der Waals surface area contributed by atoms with Gasteiger partial charge in [-0.3, -0.25) is 4.79 Å². The monoisotopic (exact) mass is 301 g/mol. The van der Waals surface area contributed by atoms with Crippen molar-refractivity contribution in [3.05, 3.63) is 35.4 Å². The second-order valence-electron chi connectivity index (χ2n) is 5.22. The fourth-order valence-electron chi connectivity index (χ4n) is 2.54. The van der Waals surface area contributed by atoms with E-state index in [-0.39, 0.29) is 29.3 Å². The zero-order valence-corrected chi connectivity index (χ0v) is 11.9. The highest BCUT2D eigenvalue weighted by Crippen LogP contribution is 2.22. The maximum atomic E-state index is 13.5. The smallest absolute Gasteiger partial charge is 0.224 e. The van der Waals surface area contributed by atoms with Gasteiger partial charge in [0.15, 0.2) is 11.6 Å². The molecule has 1 aliphatic rings. The second-order valence-corrected chi connectivity index (χ2v) is 5.78. The van der Waals surface area contributed by atoms with Crippen molar-refractivity contribution in [3.63, 3.8) is 0 Å².